The number of benzene rings is 1. The van der Waals surface area contributed by atoms with Gasteiger partial charge in [-0.3, -0.25) is 0 Å². The van der Waals surface area contributed by atoms with Crippen LogP contribution in [0.15, 0.2) is 30.6 Å². The van der Waals surface area contributed by atoms with Crippen molar-refractivity contribution in [2.75, 3.05) is 6.54 Å². The van der Waals surface area contributed by atoms with E-state index in [0.29, 0.717) is 18.5 Å². The summed E-state index contributed by atoms with van der Waals surface area (Å²) < 4.78 is 15.7. The van der Waals surface area contributed by atoms with E-state index < -0.39 is 0 Å². The Hall–Kier alpha value is -1.75. The van der Waals surface area contributed by atoms with Gasteiger partial charge in [0.25, 0.3) is 0 Å². The van der Waals surface area contributed by atoms with Gasteiger partial charge in [0.15, 0.2) is 0 Å². The lowest BCUT2D eigenvalue weighted by molar-refractivity contribution is 0.487. The van der Waals surface area contributed by atoms with Gasteiger partial charge >= 0.3 is 0 Å². The van der Waals surface area contributed by atoms with E-state index in [1.807, 2.05) is 24.6 Å². The zero-order chi connectivity index (χ0) is 13.8. The van der Waals surface area contributed by atoms with Crippen molar-refractivity contribution in [2.45, 2.75) is 32.2 Å². The standard InChI is InChI=1S/C14H19FN4/c1-10(2)19-14(17-9-18-19)7-11(8-16)12-5-3-4-6-13(12)15/h3-6,9-11H,7-8,16H2,1-2H3. The normalized spacial score (nSPS) is 12.9. The predicted octanol–water partition coefficient (Wildman–Crippen LogP) is 2.28. The van der Waals surface area contributed by atoms with Crippen molar-refractivity contribution in [2.24, 2.45) is 5.73 Å². The van der Waals surface area contributed by atoms with Crippen LogP contribution in [-0.4, -0.2) is 21.3 Å². The van der Waals surface area contributed by atoms with Crippen LogP contribution >= 0.6 is 0 Å². The molecule has 0 amide bonds. The zero-order valence-corrected chi connectivity index (χ0v) is 11.3. The predicted molar refractivity (Wildman–Crippen MR) is 72.3 cm³/mol. The van der Waals surface area contributed by atoms with E-state index in [9.17, 15) is 4.39 Å². The largest absolute Gasteiger partial charge is 0.330 e. The second-order valence-corrected chi connectivity index (χ2v) is 4.87. The molecule has 2 aromatic rings. The quantitative estimate of drug-likeness (QED) is 0.899. The summed E-state index contributed by atoms with van der Waals surface area (Å²) in [5.41, 5.74) is 6.43. The number of hydrogen-bond acceptors (Lipinski definition) is 3. The Bertz CT molecular complexity index is 536. The second kappa shape index (κ2) is 5.93. The molecule has 1 heterocycles. The summed E-state index contributed by atoms with van der Waals surface area (Å²) in [6, 6.07) is 6.99. The van der Waals surface area contributed by atoms with Crippen LogP contribution in [0.3, 0.4) is 0 Å². The van der Waals surface area contributed by atoms with Crippen LogP contribution in [0.25, 0.3) is 0 Å². The monoisotopic (exact) mass is 262 g/mol. The van der Waals surface area contributed by atoms with E-state index in [4.69, 9.17) is 5.73 Å². The van der Waals surface area contributed by atoms with Gasteiger partial charge in [-0.15, -0.1) is 0 Å². The van der Waals surface area contributed by atoms with Crippen LogP contribution in [-0.2, 0) is 6.42 Å². The summed E-state index contributed by atoms with van der Waals surface area (Å²) >= 11 is 0. The van der Waals surface area contributed by atoms with Crippen LogP contribution < -0.4 is 5.73 Å². The van der Waals surface area contributed by atoms with Gasteiger partial charge in [0.1, 0.15) is 18.0 Å². The smallest absolute Gasteiger partial charge is 0.138 e. The SMILES string of the molecule is CC(C)n1ncnc1CC(CN)c1ccccc1F. The number of aromatic nitrogens is 3. The molecule has 0 spiro atoms. The fraction of sp³-hybridized carbons (Fsp3) is 0.429. The third-order valence-electron chi connectivity index (χ3n) is 3.19. The maximum atomic E-state index is 13.8. The summed E-state index contributed by atoms with van der Waals surface area (Å²) in [7, 11) is 0. The molecule has 0 saturated heterocycles. The lowest BCUT2D eigenvalue weighted by atomic mass is 9.95. The highest BCUT2D eigenvalue weighted by Gasteiger charge is 2.18. The summed E-state index contributed by atoms with van der Waals surface area (Å²) in [4.78, 5) is 4.25. The molecule has 0 aliphatic rings. The molecule has 1 aromatic heterocycles. The third-order valence-corrected chi connectivity index (χ3v) is 3.19. The van der Waals surface area contributed by atoms with Crippen LogP contribution in [0.2, 0.25) is 0 Å². The minimum atomic E-state index is -0.214. The molecule has 1 aromatic carbocycles. The summed E-state index contributed by atoms with van der Waals surface area (Å²) in [6.07, 6.45) is 2.12. The summed E-state index contributed by atoms with van der Waals surface area (Å²) in [6.45, 7) is 4.46. The van der Waals surface area contributed by atoms with Gasteiger partial charge in [0, 0.05) is 18.4 Å². The van der Waals surface area contributed by atoms with Gasteiger partial charge in [-0.2, -0.15) is 5.10 Å². The average molecular weight is 262 g/mol. The highest BCUT2D eigenvalue weighted by atomic mass is 19.1. The molecule has 0 aliphatic heterocycles. The first kappa shape index (κ1) is 13.7. The molecule has 0 saturated carbocycles. The Balaban J connectivity index is 2.25. The van der Waals surface area contributed by atoms with Crippen LogP contribution in [0.1, 0.15) is 37.2 Å². The fourth-order valence-electron chi connectivity index (χ4n) is 2.20. The first-order chi connectivity index (χ1) is 9.13. The van der Waals surface area contributed by atoms with E-state index in [2.05, 4.69) is 10.1 Å². The molecule has 4 nitrogen and oxygen atoms in total. The number of hydrogen-bond donors (Lipinski definition) is 1. The van der Waals surface area contributed by atoms with Crippen molar-refractivity contribution in [3.8, 4) is 0 Å². The summed E-state index contributed by atoms with van der Waals surface area (Å²) in [5, 5.41) is 4.19. The van der Waals surface area contributed by atoms with Crippen molar-refractivity contribution in [3.63, 3.8) is 0 Å². The van der Waals surface area contributed by atoms with Crippen molar-refractivity contribution in [1.82, 2.24) is 14.8 Å². The van der Waals surface area contributed by atoms with Crippen molar-refractivity contribution in [1.29, 1.82) is 0 Å². The van der Waals surface area contributed by atoms with Gasteiger partial charge in [-0.1, -0.05) is 18.2 Å². The van der Waals surface area contributed by atoms with Crippen LogP contribution in [0, 0.1) is 5.82 Å². The van der Waals surface area contributed by atoms with E-state index in [1.165, 1.54) is 12.4 Å². The van der Waals surface area contributed by atoms with E-state index in [-0.39, 0.29) is 17.8 Å². The van der Waals surface area contributed by atoms with E-state index in [1.54, 1.807) is 12.1 Å². The van der Waals surface area contributed by atoms with Gasteiger partial charge in [0.05, 0.1) is 0 Å². The Labute approximate surface area is 112 Å². The average Bonchev–Trinajstić information content (AvgIpc) is 2.85. The molecule has 1 atom stereocenters. The molecule has 0 radical (unpaired) electrons. The molecule has 0 aliphatic carbocycles. The van der Waals surface area contributed by atoms with Crippen LogP contribution in [0.5, 0.6) is 0 Å². The Kier molecular flexibility index (Phi) is 4.27. The van der Waals surface area contributed by atoms with Crippen molar-refractivity contribution in [3.05, 3.63) is 47.8 Å². The first-order valence-electron chi connectivity index (χ1n) is 6.46. The molecular formula is C14H19FN4. The van der Waals surface area contributed by atoms with E-state index >= 15 is 0 Å². The third kappa shape index (κ3) is 2.98. The molecule has 1 unspecified atom stereocenters. The highest BCUT2D eigenvalue weighted by Crippen LogP contribution is 2.22. The molecule has 2 N–H and O–H groups in total. The van der Waals surface area contributed by atoms with Crippen molar-refractivity contribution >= 4 is 0 Å². The Morgan fingerprint density at radius 1 is 1.32 bits per heavy atom. The molecular weight excluding hydrogens is 243 g/mol. The number of nitrogens with zero attached hydrogens (tertiary/aromatic N) is 3. The van der Waals surface area contributed by atoms with E-state index in [0.717, 1.165) is 5.82 Å². The molecule has 0 fully saturated rings. The maximum absolute atomic E-state index is 13.8. The van der Waals surface area contributed by atoms with Crippen molar-refractivity contribution < 1.29 is 4.39 Å². The number of halogens is 1. The molecule has 2 rings (SSSR count). The summed E-state index contributed by atoms with van der Waals surface area (Å²) in [5.74, 6) is 0.546. The number of rotatable bonds is 5. The molecule has 102 valence electrons. The fourth-order valence-corrected chi connectivity index (χ4v) is 2.20. The highest BCUT2D eigenvalue weighted by molar-refractivity contribution is 5.23. The minimum absolute atomic E-state index is 0.0806. The van der Waals surface area contributed by atoms with Gasteiger partial charge in [-0.05, 0) is 32.0 Å². The first-order valence-corrected chi connectivity index (χ1v) is 6.46. The molecule has 19 heavy (non-hydrogen) atoms. The second-order valence-electron chi connectivity index (χ2n) is 4.87. The molecule has 0 bridgehead atoms. The Morgan fingerprint density at radius 3 is 2.68 bits per heavy atom. The Morgan fingerprint density at radius 2 is 2.05 bits per heavy atom. The van der Waals surface area contributed by atoms with Crippen LogP contribution in [0.4, 0.5) is 4.39 Å². The van der Waals surface area contributed by atoms with Gasteiger partial charge < -0.3 is 5.73 Å². The molecule has 5 heteroatoms. The van der Waals surface area contributed by atoms with Gasteiger partial charge in [0.2, 0.25) is 0 Å². The lowest BCUT2D eigenvalue weighted by Gasteiger charge is -2.17. The zero-order valence-electron chi connectivity index (χ0n) is 11.3. The lowest BCUT2D eigenvalue weighted by Crippen LogP contribution is -2.19. The maximum Gasteiger partial charge on any atom is 0.138 e. The minimum Gasteiger partial charge on any atom is -0.330 e. The van der Waals surface area contributed by atoms with Gasteiger partial charge in [-0.25, -0.2) is 14.1 Å². The number of nitrogens with two attached hydrogens (primary N) is 1. The topological polar surface area (TPSA) is 56.7 Å².